The fourth-order valence-electron chi connectivity index (χ4n) is 3.51. The lowest BCUT2D eigenvalue weighted by atomic mass is 9.70. The maximum atomic E-state index is 4.00. The van der Waals surface area contributed by atoms with Gasteiger partial charge in [-0.1, -0.05) is 26.7 Å². The molecule has 0 aromatic carbocycles. The topological polar surface area (TPSA) is 0 Å². The van der Waals surface area contributed by atoms with Gasteiger partial charge in [-0.15, -0.1) is 12.8 Å². The van der Waals surface area contributed by atoms with Crippen LogP contribution in [0.5, 0.6) is 0 Å². The average Bonchev–Trinajstić information content (AvgIpc) is 2.42. The van der Waals surface area contributed by atoms with Crippen LogP contribution in [0.1, 0.15) is 52.4 Å². The van der Waals surface area contributed by atoms with Gasteiger partial charge in [0.15, 0.2) is 0 Å². The summed E-state index contributed by atoms with van der Waals surface area (Å²) in [5.74, 6) is 2.11. The van der Waals surface area contributed by atoms with E-state index in [1.165, 1.54) is 38.5 Å². The molecule has 2 fully saturated rings. The van der Waals surface area contributed by atoms with E-state index >= 15 is 0 Å². The molecule has 0 aromatic rings. The molecule has 0 radical (unpaired) electrons. The molecular formula is C13H22. The molecule has 2 rings (SSSR count). The van der Waals surface area contributed by atoms with Crippen LogP contribution < -0.4 is 0 Å². The Morgan fingerprint density at radius 1 is 1.23 bits per heavy atom. The van der Waals surface area contributed by atoms with Crippen LogP contribution in [0.3, 0.4) is 0 Å². The van der Waals surface area contributed by atoms with E-state index in [-0.39, 0.29) is 0 Å². The van der Waals surface area contributed by atoms with E-state index < -0.39 is 0 Å². The SMILES string of the molecule is C#C.CC1CC2CCCCC2(C)C1. The van der Waals surface area contributed by atoms with E-state index in [1.807, 2.05) is 0 Å². The third kappa shape index (κ3) is 2.08. The molecule has 0 saturated heterocycles. The molecule has 0 heteroatoms. The zero-order valence-electron chi connectivity index (χ0n) is 9.05. The molecule has 2 aliphatic rings. The molecule has 3 atom stereocenters. The zero-order chi connectivity index (χ0) is 9.90. The maximum absolute atomic E-state index is 4.00. The molecule has 74 valence electrons. The summed E-state index contributed by atoms with van der Waals surface area (Å²) in [6, 6.07) is 0. The number of terminal acetylenes is 1. The molecule has 0 aromatic heterocycles. The Morgan fingerprint density at radius 3 is 2.54 bits per heavy atom. The van der Waals surface area contributed by atoms with E-state index in [4.69, 9.17) is 0 Å². The van der Waals surface area contributed by atoms with Crippen molar-refractivity contribution in [1.82, 2.24) is 0 Å². The van der Waals surface area contributed by atoms with E-state index in [2.05, 4.69) is 26.7 Å². The Morgan fingerprint density at radius 2 is 1.92 bits per heavy atom. The molecule has 0 N–H and O–H groups in total. The summed E-state index contributed by atoms with van der Waals surface area (Å²) in [5, 5.41) is 0. The number of hydrogen-bond acceptors (Lipinski definition) is 0. The average molecular weight is 178 g/mol. The largest absolute Gasteiger partial charge is 0.124 e. The van der Waals surface area contributed by atoms with Crippen LogP contribution in [0.25, 0.3) is 0 Å². The van der Waals surface area contributed by atoms with Gasteiger partial charge in [0, 0.05) is 0 Å². The van der Waals surface area contributed by atoms with Gasteiger partial charge in [0.05, 0.1) is 0 Å². The molecular weight excluding hydrogens is 156 g/mol. The van der Waals surface area contributed by atoms with Gasteiger partial charge in [-0.3, -0.25) is 0 Å². The summed E-state index contributed by atoms with van der Waals surface area (Å²) in [6.45, 7) is 4.96. The Labute approximate surface area is 83.1 Å². The van der Waals surface area contributed by atoms with Gasteiger partial charge in [0.1, 0.15) is 0 Å². The first-order chi connectivity index (χ1) is 6.21. The van der Waals surface area contributed by atoms with Gasteiger partial charge in [-0.05, 0) is 42.9 Å². The minimum Gasteiger partial charge on any atom is -0.124 e. The first kappa shape index (κ1) is 10.6. The molecule has 3 unspecified atom stereocenters. The molecule has 2 aliphatic carbocycles. The standard InChI is InChI=1S/C11H20.C2H2/c1-9-7-10-5-3-4-6-11(10,2)8-9;1-2/h9-10H,3-8H2,1-2H3;1-2H. The lowest BCUT2D eigenvalue weighted by molar-refractivity contribution is 0.152. The van der Waals surface area contributed by atoms with Crippen LogP contribution in [0.4, 0.5) is 0 Å². The van der Waals surface area contributed by atoms with Crippen molar-refractivity contribution in [3.63, 3.8) is 0 Å². The molecule has 2 saturated carbocycles. The third-order valence-electron chi connectivity index (χ3n) is 4.04. The number of rotatable bonds is 0. The second kappa shape index (κ2) is 4.18. The Balaban J connectivity index is 0.000000396. The summed E-state index contributed by atoms with van der Waals surface area (Å²) in [7, 11) is 0. The van der Waals surface area contributed by atoms with E-state index in [1.54, 1.807) is 0 Å². The number of hydrogen-bond donors (Lipinski definition) is 0. The van der Waals surface area contributed by atoms with E-state index in [9.17, 15) is 0 Å². The molecule has 13 heavy (non-hydrogen) atoms. The molecule has 0 nitrogen and oxygen atoms in total. The second-order valence-corrected chi connectivity index (χ2v) is 5.14. The summed E-state index contributed by atoms with van der Waals surface area (Å²) in [6.07, 6.45) is 17.1. The fraction of sp³-hybridized carbons (Fsp3) is 0.846. The predicted octanol–water partition coefficient (Wildman–Crippen LogP) is 3.86. The van der Waals surface area contributed by atoms with Crippen molar-refractivity contribution < 1.29 is 0 Å². The van der Waals surface area contributed by atoms with Crippen molar-refractivity contribution in [3.05, 3.63) is 0 Å². The maximum Gasteiger partial charge on any atom is -0.0295 e. The van der Waals surface area contributed by atoms with Crippen LogP contribution in [-0.2, 0) is 0 Å². The highest BCUT2D eigenvalue weighted by atomic mass is 14.5. The first-order valence-electron chi connectivity index (χ1n) is 5.54. The summed E-state index contributed by atoms with van der Waals surface area (Å²) < 4.78 is 0. The van der Waals surface area contributed by atoms with Gasteiger partial charge in [-0.2, -0.15) is 0 Å². The molecule has 0 amide bonds. The minimum atomic E-state index is 0.762. The molecule has 0 bridgehead atoms. The smallest absolute Gasteiger partial charge is 0.0295 e. The van der Waals surface area contributed by atoms with Crippen LogP contribution in [0.15, 0.2) is 0 Å². The van der Waals surface area contributed by atoms with Crippen molar-refractivity contribution in [2.24, 2.45) is 17.3 Å². The number of fused-ring (bicyclic) bond motifs is 1. The van der Waals surface area contributed by atoms with Gasteiger partial charge >= 0.3 is 0 Å². The van der Waals surface area contributed by atoms with Crippen LogP contribution in [0.2, 0.25) is 0 Å². The van der Waals surface area contributed by atoms with Gasteiger partial charge in [-0.25, -0.2) is 0 Å². The van der Waals surface area contributed by atoms with Crippen LogP contribution in [-0.4, -0.2) is 0 Å². The van der Waals surface area contributed by atoms with Crippen LogP contribution in [0, 0.1) is 30.1 Å². The summed E-state index contributed by atoms with van der Waals surface area (Å²) in [4.78, 5) is 0. The Kier molecular flexibility index (Phi) is 3.42. The quantitative estimate of drug-likeness (QED) is 0.494. The van der Waals surface area contributed by atoms with Gasteiger partial charge in [0.25, 0.3) is 0 Å². The van der Waals surface area contributed by atoms with Crippen molar-refractivity contribution in [1.29, 1.82) is 0 Å². The molecule has 0 aliphatic heterocycles. The monoisotopic (exact) mass is 178 g/mol. The highest BCUT2D eigenvalue weighted by molar-refractivity contribution is 4.93. The first-order valence-corrected chi connectivity index (χ1v) is 5.54. The third-order valence-corrected chi connectivity index (χ3v) is 4.04. The highest BCUT2D eigenvalue weighted by Crippen LogP contribution is 2.53. The minimum absolute atomic E-state index is 0.762. The normalized spacial score (nSPS) is 43.1. The van der Waals surface area contributed by atoms with Crippen molar-refractivity contribution >= 4 is 0 Å². The van der Waals surface area contributed by atoms with E-state index in [0.717, 1.165) is 17.3 Å². The highest BCUT2D eigenvalue weighted by Gasteiger charge is 2.42. The summed E-state index contributed by atoms with van der Waals surface area (Å²) in [5.41, 5.74) is 0.762. The van der Waals surface area contributed by atoms with E-state index in [0.29, 0.717) is 0 Å². The summed E-state index contributed by atoms with van der Waals surface area (Å²) >= 11 is 0. The molecule has 0 spiro atoms. The zero-order valence-corrected chi connectivity index (χ0v) is 9.05. The molecule has 0 heterocycles. The van der Waals surface area contributed by atoms with Gasteiger partial charge in [0.2, 0.25) is 0 Å². The van der Waals surface area contributed by atoms with Crippen molar-refractivity contribution in [2.75, 3.05) is 0 Å². The van der Waals surface area contributed by atoms with Crippen molar-refractivity contribution in [3.8, 4) is 12.8 Å². The Bertz CT molecular complexity index is 180. The Hall–Kier alpha value is -0.440. The lowest BCUT2D eigenvalue weighted by Gasteiger charge is -2.36. The predicted molar refractivity (Wildman–Crippen MR) is 58.4 cm³/mol. The van der Waals surface area contributed by atoms with Gasteiger partial charge < -0.3 is 0 Å². The second-order valence-electron chi connectivity index (χ2n) is 5.14. The van der Waals surface area contributed by atoms with Crippen molar-refractivity contribution in [2.45, 2.75) is 52.4 Å². The lowest BCUT2D eigenvalue weighted by Crippen LogP contribution is -2.25. The fourth-order valence-corrected chi connectivity index (χ4v) is 3.51. The van der Waals surface area contributed by atoms with Crippen LogP contribution >= 0.6 is 0 Å².